The van der Waals surface area contributed by atoms with E-state index in [1.165, 1.54) is 12.1 Å². The van der Waals surface area contributed by atoms with Crippen molar-refractivity contribution in [2.75, 3.05) is 6.79 Å². The van der Waals surface area contributed by atoms with Gasteiger partial charge in [0.05, 0.1) is 12.2 Å². The smallest absolute Gasteiger partial charge is 0.189 e. The molecule has 1 aliphatic rings. The summed E-state index contributed by atoms with van der Waals surface area (Å²) in [6.45, 7) is 0.673. The van der Waals surface area contributed by atoms with Crippen LogP contribution in [0.15, 0.2) is 46.9 Å². The average molecular weight is 361 g/mol. The molecule has 0 aliphatic carbocycles. The van der Waals surface area contributed by atoms with Gasteiger partial charge >= 0.3 is 0 Å². The van der Waals surface area contributed by atoms with Crippen LogP contribution < -0.4 is 4.74 Å². The number of benzene rings is 2. The Morgan fingerprint density at radius 2 is 2.09 bits per heavy atom. The third-order valence-electron chi connectivity index (χ3n) is 3.29. The normalized spacial score (nSPS) is 13.7. The first-order valence-corrected chi connectivity index (χ1v) is 7.48. The highest BCUT2D eigenvalue weighted by atomic mass is 79.9. The SMILES string of the molecule is O=C(/C=C/c1cc(Br)cc2c1OCOC2)c1ccccc1O. The van der Waals surface area contributed by atoms with Gasteiger partial charge in [0.25, 0.3) is 0 Å². The third kappa shape index (κ3) is 3.05. The van der Waals surface area contributed by atoms with Gasteiger partial charge in [-0.1, -0.05) is 28.1 Å². The molecule has 22 heavy (non-hydrogen) atoms. The van der Waals surface area contributed by atoms with Gasteiger partial charge in [-0.25, -0.2) is 0 Å². The minimum Gasteiger partial charge on any atom is -0.507 e. The molecular weight excluding hydrogens is 348 g/mol. The summed E-state index contributed by atoms with van der Waals surface area (Å²) in [5, 5.41) is 9.71. The Bertz CT molecular complexity index is 752. The van der Waals surface area contributed by atoms with E-state index in [1.54, 1.807) is 24.3 Å². The van der Waals surface area contributed by atoms with Gasteiger partial charge in [-0.15, -0.1) is 0 Å². The molecule has 5 heteroatoms. The zero-order valence-corrected chi connectivity index (χ0v) is 13.2. The highest BCUT2D eigenvalue weighted by Crippen LogP contribution is 2.32. The number of rotatable bonds is 3. The van der Waals surface area contributed by atoms with E-state index < -0.39 is 0 Å². The van der Waals surface area contributed by atoms with E-state index in [4.69, 9.17) is 9.47 Å². The van der Waals surface area contributed by atoms with Crippen LogP contribution in [-0.4, -0.2) is 17.7 Å². The van der Waals surface area contributed by atoms with Crippen molar-refractivity contribution in [2.45, 2.75) is 6.61 Å². The summed E-state index contributed by atoms with van der Waals surface area (Å²) < 4.78 is 11.7. The van der Waals surface area contributed by atoms with Crippen molar-refractivity contribution in [3.05, 3.63) is 63.6 Å². The molecule has 0 saturated carbocycles. The molecule has 0 unspecified atom stereocenters. The quantitative estimate of drug-likeness (QED) is 0.665. The lowest BCUT2D eigenvalue weighted by molar-refractivity contribution is -0.0165. The van der Waals surface area contributed by atoms with E-state index in [0.717, 1.165) is 21.3 Å². The lowest BCUT2D eigenvalue weighted by Crippen LogP contribution is -2.12. The molecule has 0 amide bonds. The maximum absolute atomic E-state index is 12.2. The number of carbonyl (C=O) groups is 1. The van der Waals surface area contributed by atoms with Gasteiger partial charge in [-0.05, 0) is 36.4 Å². The second-order valence-corrected chi connectivity index (χ2v) is 5.72. The van der Waals surface area contributed by atoms with Crippen LogP contribution in [0.5, 0.6) is 11.5 Å². The molecule has 4 nitrogen and oxygen atoms in total. The number of phenolic OH excluding ortho intramolecular Hbond substituents is 1. The first-order valence-electron chi connectivity index (χ1n) is 6.68. The number of halogens is 1. The van der Waals surface area contributed by atoms with Crippen LogP contribution in [0.3, 0.4) is 0 Å². The number of carbonyl (C=O) groups excluding carboxylic acids is 1. The monoisotopic (exact) mass is 360 g/mol. The number of ether oxygens (including phenoxy) is 2. The second-order valence-electron chi connectivity index (χ2n) is 4.81. The fourth-order valence-corrected chi connectivity index (χ4v) is 2.79. The fourth-order valence-electron chi connectivity index (χ4n) is 2.27. The minimum absolute atomic E-state index is 0.0296. The Hall–Kier alpha value is -2.11. The largest absolute Gasteiger partial charge is 0.507 e. The molecule has 0 aromatic heterocycles. The van der Waals surface area contributed by atoms with Gasteiger partial charge in [-0.3, -0.25) is 4.79 Å². The van der Waals surface area contributed by atoms with Crippen LogP contribution in [-0.2, 0) is 11.3 Å². The van der Waals surface area contributed by atoms with Crippen molar-refractivity contribution in [3.8, 4) is 11.5 Å². The predicted molar refractivity (Wildman–Crippen MR) is 85.9 cm³/mol. The van der Waals surface area contributed by atoms with E-state index in [-0.39, 0.29) is 23.9 Å². The Morgan fingerprint density at radius 3 is 2.91 bits per heavy atom. The maximum atomic E-state index is 12.2. The van der Waals surface area contributed by atoms with Crippen molar-refractivity contribution in [1.29, 1.82) is 0 Å². The number of ketones is 1. The van der Waals surface area contributed by atoms with Crippen molar-refractivity contribution >= 4 is 27.8 Å². The molecule has 2 aromatic carbocycles. The van der Waals surface area contributed by atoms with Crippen LogP contribution in [0, 0.1) is 0 Å². The first-order chi connectivity index (χ1) is 10.6. The summed E-state index contributed by atoms with van der Waals surface area (Å²) in [7, 11) is 0. The summed E-state index contributed by atoms with van der Waals surface area (Å²) >= 11 is 3.43. The summed E-state index contributed by atoms with van der Waals surface area (Å²) in [5.74, 6) is 0.424. The van der Waals surface area contributed by atoms with Crippen LogP contribution in [0.1, 0.15) is 21.5 Å². The van der Waals surface area contributed by atoms with Crippen LogP contribution >= 0.6 is 15.9 Å². The Kier molecular flexibility index (Phi) is 4.27. The zero-order valence-electron chi connectivity index (χ0n) is 11.6. The van der Waals surface area contributed by atoms with Gasteiger partial charge in [-0.2, -0.15) is 0 Å². The minimum atomic E-state index is -0.265. The van der Waals surface area contributed by atoms with Crippen molar-refractivity contribution in [3.63, 3.8) is 0 Å². The topological polar surface area (TPSA) is 55.8 Å². The number of para-hydroxylation sites is 1. The van der Waals surface area contributed by atoms with Gasteiger partial charge < -0.3 is 14.6 Å². The molecule has 0 spiro atoms. The lowest BCUT2D eigenvalue weighted by Gasteiger charge is -2.20. The van der Waals surface area contributed by atoms with E-state index in [0.29, 0.717) is 6.61 Å². The number of phenols is 1. The Morgan fingerprint density at radius 1 is 1.27 bits per heavy atom. The second kappa shape index (κ2) is 6.34. The molecule has 1 N–H and O–H groups in total. The van der Waals surface area contributed by atoms with Gasteiger partial charge in [0, 0.05) is 15.6 Å². The molecule has 0 atom stereocenters. The standard InChI is InChI=1S/C17H13BrO4/c18-13-7-11(17-12(8-13)9-21-10-22-17)5-6-16(20)14-3-1-2-4-15(14)19/h1-8,19H,9-10H2/b6-5+. The summed E-state index contributed by atoms with van der Waals surface area (Å²) in [6.07, 6.45) is 3.11. The maximum Gasteiger partial charge on any atom is 0.189 e. The van der Waals surface area contributed by atoms with E-state index in [1.807, 2.05) is 12.1 Å². The lowest BCUT2D eigenvalue weighted by atomic mass is 10.1. The van der Waals surface area contributed by atoms with Crippen LogP contribution in [0.25, 0.3) is 6.08 Å². The fraction of sp³-hybridized carbons (Fsp3) is 0.118. The molecule has 1 aliphatic heterocycles. The molecule has 0 fully saturated rings. The molecule has 0 bridgehead atoms. The molecule has 2 aromatic rings. The Balaban J connectivity index is 1.91. The highest BCUT2D eigenvalue weighted by molar-refractivity contribution is 9.10. The van der Waals surface area contributed by atoms with E-state index in [9.17, 15) is 9.90 Å². The highest BCUT2D eigenvalue weighted by Gasteiger charge is 2.15. The zero-order chi connectivity index (χ0) is 15.5. The van der Waals surface area contributed by atoms with E-state index >= 15 is 0 Å². The number of hydrogen-bond donors (Lipinski definition) is 1. The summed E-state index contributed by atoms with van der Waals surface area (Å²) in [5.41, 5.74) is 1.98. The number of allylic oxidation sites excluding steroid dienone is 1. The molecule has 0 radical (unpaired) electrons. The van der Waals surface area contributed by atoms with Crippen molar-refractivity contribution in [1.82, 2.24) is 0 Å². The molecule has 0 saturated heterocycles. The number of aromatic hydroxyl groups is 1. The summed E-state index contributed by atoms with van der Waals surface area (Å²) in [4.78, 5) is 12.2. The summed E-state index contributed by atoms with van der Waals surface area (Å²) in [6, 6.07) is 10.3. The molecular formula is C17H13BrO4. The average Bonchev–Trinajstić information content (AvgIpc) is 2.52. The van der Waals surface area contributed by atoms with Crippen LogP contribution in [0.4, 0.5) is 0 Å². The number of fused-ring (bicyclic) bond motifs is 1. The van der Waals surface area contributed by atoms with Crippen LogP contribution in [0.2, 0.25) is 0 Å². The predicted octanol–water partition coefficient (Wildman–Crippen LogP) is 3.92. The third-order valence-corrected chi connectivity index (χ3v) is 3.75. The molecule has 1 heterocycles. The first kappa shape index (κ1) is 14.8. The molecule has 3 rings (SSSR count). The van der Waals surface area contributed by atoms with Gasteiger partial charge in [0.2, 0.25) is 0 Å². The van der Waals surface area contributed by atoms with Crippen molar-refractivity contribution in [2.24, 2.45) is 0 Å². The van der Waals surface area contributed by atoms with Gasteiger partial charge in [0.15, 0.2) is 12.6 Å². The Labute approximate surface area is 136 Å². The van der Waals surface area contributed by atoms with Gasteiger partial charge in [0.1, 0.15) is 11.5 Å². The number of hydrogen-bond acceptors (Lipinski definition) is 4. The van der Waals surface area contributed by atoms with E-state index in [2.05, 4.69) is 15.9 Å². The molecule has 112 valence electrons. The van der Waals surface area contributed by atoms with Crippen molar-refractivity contribution < 1.29 is 19.4 Å².